The zero-order valence-corrected chi connectivity index (χ0v) is 9.90. The van der Waals surface area contributed by atoms with Crippen LogP contribution in [0.2, 0.25) is 0 Å². The summed E-state index contributed by atoms with van der Waals surface area (Å²) in [4.78, 5) is 13.1. The number of hydrogen-bond acceptors (Lipinski definition) is 3. The number of nitriles is 1. The first-order chi connectivity index (χ1) is 8.63. The maximum absolute atomic E-state index is 13.5. The zero-order chi connectivity index (χ0) is 13.1. The summed E-state index contributed by atoms with van der Waals surface area (Å²) >= 11 is 0. The summed E-state index contributed by atoms with van der Waals surface area (Å²) < 4.78 is 13.5. The summed E-state index contributed by atoms with van der Waals surface area (Å²) in [6, 6.07) is 6.40. The van der Waals surface area contributed by atoms with Gasteiger partial charge in [-0.1, -0.05) is 6.07 Å². The van der Waals surface area contributed by atoms with E-state index in [1.54, 1.807) is 12.1 Å². The molecule has 1 fully saturated rings. The third-order valence-corrected chi connectivity index (χ3v) is 3.27. The number of primary amides is 1. The van der Waals surface area contributed by atoms with E-state index in [0.29, 0.717) is 18.8 Å². The maximum Gasteiger partial charge on any atom is 0.222 e. The fourth-order valence-corrected chi connectivity index (χ4v) is 2.32. The van der Waals surface area contributed by atoms with E-state index in [4.69, 9.17) is 11.0 Å². The Kier molecular flexibility index (Phi) is 3.47. The lowest BCUT2D eigenvalue weighted by Gasteiger charge is -2.33. The standard InChI is InChI=1S/C13H14FN3O/c14-11-4-1-5-12(10(11)7-15)17-6-2-3-9(8-17)13(16)18/h1,4-5,9H,2-3,6,8H2,(H2,16,18)/t9-/m1/s1. The molecule has 94 valence electrons. The first kappa shape index (κ1) is 12.4. The van der Waals surface area contributed by atoms with Gasteiger partial charge in [0.2, 0.25) is 5.91 Å². The third-order valence-electron chi connectivity index (χ3n) is 3.27. The molecule has 2 N–H and O–H groups in total. The fraction of sp³-hybridized carbons (Fsp3) is 0.385. The van der Waals surface area contributed by atoms with Gasteiger partial charge < -0.3 is 10.6 Å². The van der Waals surface area contributed by atoms with Crippen molar-refractivity contribution >= 4 is 11.6 Å². The molecule has 1 aliphatic heterocycles. The Morgan fingerprint density at radius 3 is 3.00 bits per heavy atom. The number of hydrogen-bond donors (Lipinski definition) is 1. The maximum atomic E-state index is 13.5. The van der Waals surface area contributed by atoms with Gasteiger partial charge >= 0.3 is 0 Å². The van der Waals surface area contributed by atoms with Crippen molar-refractivity contribution in [2.24, 2.45) is 11.7 Å². The Balaban J connectivity index is 2.29. The van der Waals surface area contributed by atoms with Gasteiger partial charge in [0.25, 0.3) is 0 Å². The highest BCUT2D eigenvalue weighted by Gasteiger charge is 2.26. The zero-order valence-electron chi connectivity index (χ0n) is 9.90. The largest absolute Gasteiger partial charge is 0.370 e. The second kappa shape index (κ2) is 5.05. The van der Waals surface area contributed by atoms with E-state index in [0.717, 1.165) is 12.8 Å². The molecule has 1 amide bonds. The van der Waals surface area contributed by atoms with Crippen LogP contribution in [0.5, 0.6) is 0 Å². The Morgan fingerprint density at radius 1 is 1.56 bits per heavy atom. The lowest BCUT2D eigenvalue weighted by atomic mass is 9.96. The molecule has 5 heteroatoms. The Morgan fingerprint density at radius 2 is 2.33 bits per heavy atom. The van der Waals surface area contributed by atoms with E-state index in [1.807, 2.05) is 11.0 Å². The Bertz CT molecular complexity index is 509. The molecule has 0 spiro atoms. The molecule has 2 rings (SSSR count). The second-order valence-corrected chi connectivity index (χ2v) is 4.43. The fourth-order valence-electron chi connectivity index (χ4n) is 2.32. The van der Waals surface area contributed by atoms with Crippen LogP contribution >= 0.6 is 0 Å². The van der Waals surface area contributed by atoms with E-state index in [1.165, 1.54) is 6.07 Å². The summed E-state index contributed by atoms with van der Waals surface area (Å²) in [5.41, 5.74) is 5.88. The van der Waals surface area contributed by atoms with Crippen LogP contribution in [0.15, 0.2) is 18.2 Å². The molecular formula is C13H14FN3O. The number of piperidine rings is 1. The average molecular weight is 247 g/mol. The molecule has 1 aromatic carbocycles. The number of amides is 1. The van der Waals surface area contributed by atoms with Crippen LogP contribution in [-0.4, -0.2) is 19.0 Å². The third kappa shape index (κ3) is 2.28. The molecule has 0 bridgehead atoms. The normalized spacial score (nSPS) is 19.3. The van der Waals surface area contributed by atoms with Gasteiger partial charge in [-0.2, -0.15) is 5.26 Å². The van der Waals surface area contributed by atoms with E-state index < -0.39 is 5.82 Å². The van der Waals surface area contributed by atoms with Gasteiger partial charge in [0.05, 0.1) is 11.6 Å². The van der Waals surface area contributed by atoms with Crippen LogP contribution in [0.3, 0.4) is 0 Å². The van der Waals surface area contributed by atoms with Crippen molar-refractivity contribution in [3.8, 4) is 6.07 Å². The van der Waals surface area contributed by atoms with E-state index in [-0.39, 0.29) is 17.4 Å². The highest BCUT2D eigenvalue weighted by Crippen LogP contribution is 2.27. The summed E-state index contributed by atoms with van der Waals surface area (Å²) in [6.45, 7) is 1.16. The minimum absolute atomic E-state index is 0.0302. The molecule has 1 saturated heterocycles. The van der Waals surface area contributed by atoms with Crippen molar-refractivity contribution < 1.29 is 9.18 Å². The van der Waals surface area contributed by atoms with E-state index in [9.17, 15) is 9.18 Å². The number of carbonyl (C=O) groups is 1. The van der Waals surface area contributed by atoms with Crippen LogP contribution in [0.4, 0.5) is 10.1 Å². The number of carbonyl (C=O) groups excluding carboxylic acids is 1. The van der Waals surface area contributed by atoms with E-state index in [2.05, 4.69) is 0 Å². The molecule has 1 heterocycles. The number of halogens is 1. The molecule has 0 unspecified atom stereocenters. The van der Waals surface area contributed by atoms with Gasteiger partial charge in [0.1, 0.15) is 17.4 Å². The minimum atomic E-state index is -0.531. The van der Waals surface area contributed by atoms with Crippen molar-refractivity contribution in [3.63, 3.8) is 0 Å². The Hall–Kier alpha value is -2.09. The molecule has 0 saturated carbocycles. The second-order valence-electron chi connectivity index (χ2n) is 4.43. The SMILES string of the molecule is N#Cc1c(F)cccc1N1CCC[C@@H](C(N)=O)C1. The number of nitrogens with two attached hydrogens (primary N) is 1. The smallest absolute Gasteiger partial charge is 0.222 e. The molecule has 0 radical (unpaired) electrons. The van der Waals surface area contributed by atoms with Crippen molar-refractivity contribution in [3.05, 3.63) is 29.6 Å². The number of anilines is 1. The predicted octanol–water partition coefficient (Wildman–Crippen LogP) is 1.40. The molecule has 0 aliphatic carbocycles. The van der Waals surface area contributed by atoms with Crippen LogP contribution in [0.25, 0.3) is 0 Å². The lowest BCUT2D eigenvalue weighted by Crippen LogP contribution is -2.41. The molecule has 0 aromatic heterocycles. The highest BCUT2D eigenvalue weighted by atomic mass is 19.1. The van der Waals surface area contributed by atoms with Gasteiger partial charge in [0.15, 0.2) is 0 Å². The van der Waals surface area contributed by atoms with Gasteiger partial charge in [-0.05, 0) is 25.0 Å². The molecule has 18 heavy (non-hydrogen) atoms. The highest BCUT2D eigenvalue weighted by molar-refractivity contribution is 5.78. The van der Waals surface area contributed by atoms with Gasteiger partial charge in [-0.3, -0.25) is 4.79 Å². The lowest BCUT2D eigenvalue weighted by molar-refractivity contribution is -0.122. The summed E-state index contributed by atoms with van der Waals surface area (Å²) in [6.07, 6.45) is 1.57. The molecule has 1 aromatic rings. The van der Waals surface area contributed by atoms with Crippen molar-refractivity contribution in [2.75, 3.05) is 18.0 Å². The van der Waals surface area contributed by atoms with Gasteiger partial charge in [-0.15, -0.1) is 0 Å². The minimum Gasteiger partial charge on any atom is -0.370 e. The number of nitrogens with zero attached hydrogens (tertiary/aromatic N) is 2. The first-order valence-corrected chi connectivity index (χ1v) is 5.86. The first-order valence-electron chi connectivity index (χ1n) is 5.86. The summed E-state index contributed by atoms with van der Waals surface area (Å²) in [7, 11) is 0. The predicted molar refractivity (Wildman–Crippen MR) is 65.2 cm³/mol. The van der Waals surface area contributed by atoms with Crippen molar-refractivity contribution in [1.29, 1.82) is 5.26 Å². The van der Waals surface area contributed by atoms with Crippen LogP contribution in [-0.2, 0) is 4.79 Å². The number of rotatable bonds is 2. The Labute approximate surface area is 105 Å². The molecule has 1 aliphatic rings. The van der Waals surface area contributed by atoms with E-state index >= 15 is 0 Å². The van der Waals surface area contributed by atoms with Gasteiger partial charge in [0, 0.05) is 13.1 Å². The van der Waals surface area contributed by atoms with Crippen LogP contribution < -0.4 is 10.6 Å². The topological polar surface area (TPSA) is 70.1 Å². The van der Waals surface area contributed by atoms with Crippen molar-refractivity contribution in [2.45, 2.75) is 12.8 Å². The summed E-state index contributed by atoms with van der Waals surface area (Å²) in [5.74, 6) is -1.10. The average Bonchev–Trinajstić information content (AvgIpc) is 2.38. The van der Waals surface area contributed by atoms with Crippen LogP contribution in [0.1, 0.15) is 18.4 Å². The monoisotopic (exact) mass is 247 g/mol. The van der Waals surface area contributed by atoms with Crippen molar-refractivity contribution in [1.82, 2.24) is 0 Å². The number of benzene rings is 1. The molecule has 1 atom stereocenters. The molecular weight excluding hydrogens is 233 g/mol. The quantitative estimate of drug-likeness (QED) is 0.858. The summed E-state index contributed by atoms with van der Waals surface area (Å²) in [5, 5.41) is 9.00. The van der Waals surface area contributed by atoms with Crippen LogP contribution in [0, 0.1) is 23.1 Å². The van der Waals surface area contributed by atoms with Gasteiger partial charge in [-0.25, -0.2) is 4.39 Å². The molecule has 4 nitrogen and oxygen atoms in total.